The summed E-state index contributed by atoms with van der Waals surface area (Å²) in [5.74, 6) is 0.822. The van der Waals surface area contributed by atoms with E-state index >= 15 is 0 Å². The maximum absolute atomic E-state index is 11.7. The number of thiophene rings is 1. The van der Waals surface area contributed by atoms with Crippen LogP contribution in [0.4, 0.5) is 4.79 Å². The van der Waals surface area contributed by atoms with E-state index in [-0.39, 0.29) is 12.1 Å². The zero-order valence-corrected chi connectivity index (χ0v) is 13.1. The van der Waals surface area contributed by atoms with Gasteiger partial charge in [-0.25, -0.2) is 4.79 Å². The molecule has 0 spiro atoms. The smallest absolute Gasteiger partial charge is 0.315 e. The third-order valence-electron chi connectivity index (χ3n) is 2.73. The van der Waals surface area contributed by atoms with Gasteiger partial charge in [0, 0.05) is 11.4 Å². The van der Waals surface area contributed by atoms with Gasteiger partial charge < -0.3 is 15.4 Å². The topological polar surface area (TPSA) is 50.4 Å². The molecular weight excluding hydrogens is 284 g/mol. The van der Waals surface area contributed by atoms with E-state index in [0.29, 0.717) is 13.1 Å². The van der Waals surface area contributed by atoms with Crippen LogP contribution in [0.3, 0.4) is 0 Å². The van der Waals surface area contributed by atoms with Crippen molar-refractivity contribution in [3.8, 4) is 5.75 Å². The minimum atomic E-state index is -0.168. The zero-order valence-electron chi connectivity index (χ0n) is 12.3. The molecule has 0 saturated carbocycles. The molecule has 1 aromatic heterocycles. The van der Waals surface area contributed by atoms with Crippen molar-refractivity contribution in [1.29, 1.82) is 0 Å². The minimum absolute atomic E-state index is 0.141. The van der Waals surface area contributed by atoms with Crippen LogP contribution in [0, 0.1) is 0 Å². The molecule has 112 valence electrons. The first-order chi connectivity index (χ1) is 10.1. The van der Waals surface area contributed by atoms with Gasteiger partial charge in [-0.1, -0.05) is 18.2 Å². The van der Waals surface area contributed by atoms with E-state index < -0.39 is 0 Å². The van der Waals surface area contributed by atoms with Crippen molar-refractivity contribution in [3.63, 3.8) is 0 Å². The zero-order chi connectivity index (χ0) is 15.1. The lowest BCUT2D eigenvalue weighted by Crippen LogP contribution is -2.34. The first kappa shape index (κ1) is 15.4. The summed E-state index contributed by atoms with van der Waals surface area (Å²) in [6, 6.07) is 11.6. The lowest BCUT2D eigenvalue weighted by atomic mass is 10.2. The van der Waals surface area contributed by atoms with E-state index in [9.17, 15) is 4.79 Å². The maximum Gasteiger partial charge on any atom is 0.315 e. The van der Waals surface area contributed by atoms with Gasteiger partial charge in [-0.05, 0) is 43.0 Å². The predicted octanol–water partition coefficient (Wildman–Crippen LogP) is 3.53. The molecule has 0 aliphatic heterocycles. The molecule has 0 unspecified atom stereocenters. The monoisotopic (exact) mass is 304 g/mol. The Bertz CT molecular complexity index is 567. The second kappa shape index (κ2) is 7.69. The van der Waals surface area contributed by atoms with E-state index in [4.69, 9.17) is 4.74 Å². The van der Waals surface area contributed by atoms with Crippen LogP contribution >= 0.6 is 11.3 Å². The number of nitrogens with one attached hydrogen (secondary N) is 2. The highest BCUT2D eigenvalue weighted by Crippen LogP contribution is 2.14. The van der Waals surface area contributed by atoms with Crippen molar-refractivity contribution in [3.05, 3.63) is 52.2 Å². The quantitative estimate of drug-likeness (QED) is 0.857. The molecule has 0 aliphatic rings. The fourth-order valence-corrected chi connectivity index (χ4v) is 2.47. The Labute approximate surface area is 129 Å². The van der Waals surface area contributed by atoms with Crippen molar-refractivity contribution in [1.82, 2.24) is 10.6 Å². The van der Waals surface area contributed by atoms with Crippen molar-refractivity contribution >= 4 is 17.4 Å². The normalized spacial score (nSPS) is 10.4. The number of urea groups is 1. The number of benzene rings is 1. The summed E-state index contributed by atoms with van der Waals surface area (Å²) in [5, 5.41) is 7.67. The van der Waals surface area contributed by atoms with E-state index in [0.717, 1.165) is 16.2 Å². The maximum atomic E-state index is 11.7. The van der Waals surface area contributed by atoms with Crippen LogP contribution in [-0.2, 0) is 13.1 Å². The van der Waals surface area contributed by atoms with Crippen LogP contribution in [0.25, 0.3) is 0 Å². The van der Waals surface area contributed by atoms with Gasteiger partial charge in [0.15, 0.2) is 0 Å². The average Bonchev–Trinajstić information content (AvgIpc) is 2.96. The summed E-state index contributed by atoms with van der Waals surface area (Å²) in [5.41, 5.74) is 1.01. The Hall–Kier alpha value is -2.01. The standard InChI is InChI=1S/C16H20N2O2S/c1-12(2)20-14-6-3-5-13(9-14)10-17-16(19)18-11-15-7-4-8-21-15/h3-9,12H,10-11H2,1-2H3,(H2,17,18,19). The van der Waals surface area contributed by atoms with E-state index in [1.807, 2.05) is 55.6 Å². The van der Waals surface area contributed by atoms with Crippen LogP contribution < -0.4 is 15.4 Å². The molecule has 21 heavy (non-hydrogen) atoms. The molecule has 0 fully saturated rings. The molecule has 2 aromatic rings. The Kier molecular flexibility index (Phi) is 5.63. The molecule has 0 saturated heterocycles. The summed E-state index contributed by atoms with van der Waals surface area (Å²) in [6.45, 7) is 5.01. The first-order valence-corrected chi connectivity index (χ1v) is 7.81. The van der Waals surface area contributed by atoms with Gasteiger partial charge in [0.25, 0.3) is 0 Å². The molecule has 1 heterocycles. The SMILES string of the molecule is CC(C)Oc1cccc(CNC(=O)NCc2cccs2)c1. The summed E-state index contributed by atoms with van der Waals surface area (Å²) >= 11 is 1.63. The van der Waals surface area contributed by atoms with Crippen LogP contribution in [0.5, 0.6) is 5.75 Å². The average molecular weight is 304 g/mol. The Morgan fingerprint density at radius 3 is 2.71 bits per heavy atom. The van der Waals surface area contributed by atoms with Gasteiger partial charge in [0.05, 0.1) is 12.6 Å². The third kappa shape index (κ3) is 5.47. The van der Waals surface area contributed by atoms with Crippen molar-refractivity contribution in [2.45, 2.75) is 33.0 Å². The molecule has 1 aromatic carbocycles. The number of ether oxygens (including phenoxy) is 1. The molecule has 4 nitrogen and oxygen atoms in total. The molecule has 0 aliphatic carbocycles. The fourth-order valence-electron chi connectivity index (χ4n) is 1.83. The van der Waals surface area contributed by atoms with E-state index in [1.165, 1.54) is 0 Å². The van der Waals surface area contributed by atoms with Gasteiger partial charge in [-0.2, -0.15) is 0 Å². The fraction of sp³-hybridized carbons (Fsp3) is 0.312. The van der Waals surface area contributed by atoms with Gasteiger partial charge in [-0.3, -0.25) is 0 Å². The van der Waals surface area contributed by atoms with E-state index in [2.05, 4.69) is 10.6 Å². The molecule has 0 radical (unpaired) electrons. The Balaban J connectivity index is 1.78. The van der Waals surface area contributed by atoms with Crippen LogP contribution in [-0.4, -0.2) is 12.1 Å². The van der Waals surface area contributed by atoms with Gasteiger partial charge in [0.1, 0.15) is 5.75 Å². The highest BCUT2D eigenvalue weighted by molar-refractivity contribution is 7.09. The van der Waals surface area contributed by atoms with Crippen LogP contribution in [0.15, 0.2) is 41.8 Å². The lowest BCUT2D eigenvalue weighted by Gasteiger charge is -2.11. The molecule has 2 N–H and O–H groups in total. The number of carbonyl (C=O) groups is 1. The Morgan fingerprint density at radius 1 is 1.19 bits per heavy atom. The molecule has 2 amide bonds. The summed E-state index contributed by atoms with van der Waals surface area (Å²) in [6.07, 6.45) is 0.141. The number of hydrogen-bond acceptors (Lipinski definition) is 3. The highest BCUT2D eigenvalue weighted by Gasteiger charge is 2.03. The van der Waals surface area contributed by atoms with Gasteiger partial charge >= 0.3 is 6.03 Å². The highest BCUT2D eigenvalue weighted by atomic mass is 32.1. The first-order valence-electron chi connectivity index (χ1n) is 6.93. The van der Waals surface area contributed by atoms with Gasteiger partial charge in [-0.15, -0.1) is 11.3 Å². The molecule has 0 bridgehead atoms. The lowest BCUT2D eigenvalue weighted by molar-refractivity contribution is 0.239. The van der Waals surface area contributed by atoms with E-state index in [1.54, 1.807) is 11.3 Å². The molecule has 2 rings (SSSR count). The summed E-state index contributed by atoms with van der Waals surface area (Å²) < 4.78 is 5.63. The van der Waals surface area contributed by atoms with Crippen LogP contribution in [0.2, 0.25) is 0 Å². The van der Waals surface area contributed by atoms with Crippen molar-refractivity contribution in [2.75, 3.05) is 0 Å². The number of carbonyl (C=O) groups excluding carboxylic acids is 1. The van der Waals surface area contributed by atoms with Gasteiger partial charge in [0.2, 0.25) is 0 Å². The molecule has 5 heteroatoms. The molecule has 0 atom stereocenters. The predicted molar refractivity (Wildman–Crippen MR) is 85.6 cm³/mol. The second-order valence-electron chi connectivity index (χ2n) is 4.93. The summed E-state index contributed by atoms with van der Waals surface area (Å²) in [7, 11) is 0. The van der Waals surface area contributed by atoms with Crippen molar-refractivity contribution in [2.24, 2.45) is 0 Å². The largest absolute Gasteiger partial charge is 0.491 e. The number of amides is 2. The number of hydrogen-bond donors (Lipinski definition) is 2. The third-order valence-corrected chi connectivity index (χ3v) is 3.60. The van der Waals surface area contributed by atoms with Crippen LogP contribution in [0.1, 0.15) is 24.3 Å². The minimum Gasteiger partial charge on any atom is -0.491 e. The number of rotatable bonds is 6. The second-order valence-corrected chi connectivity index (χ2v) is 5.96. The molecular formula is C16H20N2O2S. The Morgan fingerprint density at radius 2 is 2.00 bits per heavy atom. The van der Waals surface area contributed by atoms with Crippen molar-refractivity contribution < 1.29 is 9.53 Å². The summed E-state index contributed by atoms with van der Waals surface area (Å²) in [4.78, 5) is 12.9.